The Morgan fingerprint density at radius 2 is 1.73 bits per heavy atom. The largest absolute Gasteiger partial charge is 0.456 e. The van der Waals surface area contributed by atoms with Gasteiger partial charge in [-0.3, -0.25) is 0 Å². The van der Waals surface area contributed by atoms with E-state index in [4.69, 9.17) is 4.74 Å². The molecule has 1 aromatic heterocycles. The molecule has 0 bridgehead atoms. The summed E-state index contributed by atoms with van der Waals surface area (Å²) in [6.07, 6.45) is -4.66. The molecule has 0 saturated carbocycles. The monoisotopic (exact) mass is 329 g/mol. The van der Waals surface area contributed by atoms with Crippen molar-refractivity contribution in [2.45, 2.75) is 32.5 Å². The van der Waals surface area contributed by atoms with E-state index in [2.05, 4.69) is 4.37 Å². The average molecular weight is 329 g/mol. The van der Waals surface area contributed by atoms with Crippen LogP contribution in [-0.4, -0.2) is 15.9 Å². The number of esters is 1. The quantitative estimate of drug-likeness (QED) is 0.744. The smallest absolute Gasteiger partial charge is 0.428 e. The van der Waals surface area contributed by atoms with Crippen LogP contribution in [0.4, 0.5) is 13.2 Å². The molecule has 0 fully saturated rings. The van der Waals surface area contributed by atoms with E-state index >= 15 is 0 Å². The second-order valence-corrected chi connectivity index (χ2v) is 6.37. The van der Waals surface area contributed by atoms with Crippen LogP contribution in [0.5, 0.6) is 0 Å². The minimum atomic E-state index is -4.66. The summed E-state index contributed by atoms with van der Waals surface area (Å²) in [7, 11) is 0. The van der Waals surface area contributed by atoms with Gasteiger partial charge in [-0.05, 0) is 32.3 Å². The zero-order chi connectivity index (χ0) is 16.5. The van der Waals surface area contributed by atoms with Gasteiger partial charge >= 0.3 is 12.1 Å². The maximum Gasteiger partial charge on any atom is 0.428 e. The fraction of sp³-hybridized carbons (Fsp3) is 0.333. The van der Waals surface area contributed by atoms with Crippen molar-refractivity contribution in [2.75, 3.05) is 0 Å². The van der Waals surface area contributed by atoms with E-state index in [9.17, 15) is 18.0 Å². The number of rotatable bonds is 2. The van der Waals surface area contributed by atoms with Crippen LogP contribution in [0.1, 0.15) is 36.0 Å². The van der Waals surface area contributed by atoms with E-state index in [0.717, 1.165) is 0 Å². The fourth-order valence-electron chi connectivity index (χ4n) is 1.80. The molecule has 1 heterocycles. The first-order valence-corrected chi connectivity index (χ1v) is 7.22. The standard InChI is InChI=1S/C15H14F3NO2S/c1-14(2,3)21-13(20)10-11(9-7-5-4-6-8-9)19-22-12(10)15(16,17)18/h4-8H,1-3H3. The first-order chi connectivity index (χ1) is 10.1. The summed E-state index contributed by atoms with van der Waals surface area (Å²) in [5.41, 5.74) is -0.989. The fourth-order valence-corrected chi connectivity index (χ4v) is 2.55. The lowest BCUT2D eigenvalue weighted by atomic mass is 10.1. The van der Waals surface area contributed by atoms with Crippen LogP contribution >= 0.6 is 11.5 Å². The molecule has 2 rings (SSSR count). The maximum absolute atomic E-state index is 13.1. The molecule has 0 aliphatic carbocycles. The molecule has 118 valence electrons. The van der Waals surface area contributed by atoms with Crippen molar-refractivity contribution in [1.82, 2.24) is 4.37 Å². The van der Waals surface area contributed by atoms with Crippen LogP contribution in [0.3, 0.4) is 0 Å². The van der Waals surface area contributed by atoms with Crippen LogP contribution in [0.2, 0.25) is 0 Å². The molecule has 1 aromatic carbocycles. The van der Waals surface area contributed by atoms with Crippen molar-refractivity contribution in [1.29, 1.82) is 0 Å². The first kappa shape index (κ1) is 16.5. The van der Waals surface area contributed by atoms with Gasteiger partial charge in [-0.2, -0.15) is 17.5 Å². The molecular weight excluding hydrogens is 315 g/mol. The maximum atomic E-state index is 13.1. The molecule has 0 N–H and O–H groups in total. The Labute approximate surface area is 129 Å². The number of benzene rings is 1. The highest BCUT2D eigenvalue weighted by Crippen LogP contribution is 2.40. The van der Waals surface area contributed by atoms with Crippen LogP contribution < -0.4 is 0 Å². The molecule has 0 aliphatic heterocycles. The predicted molar refractivity (Wildman–Crippen MR) is 77.7 cm³/mol. The Hall–Kier alpha value is -1.89. The van der Waals surface area contributed by atoms with Crippen molar-refractivity contribution < 1.29 is 22.7 Å². The van der Waals surface area contributed by atoms with Crippen molar-refractivity contribution in [2.24, 2.45) is 0 Å². The summed E-state index contributed by atoms with van der Waals surface area (Å²) < 4.78 is 48.3. The Morgan fingerprint density at radius 1 is 1.14 bits per heavy atom. The Balaban J connectivity index is 2.57. The Morgan fingerprint density at radius 3 is 2.23 bits per heavy atom. The summed E-state index contributed by atoms with van der Waals surface area (Å²) in [4.78, 5) is 11.2. The molecule has 0 unspecified atom stereocenters. The van der Waals surface area contributed by atoms with Gasteiger partial charge in [-0.15, -0.1) is 0 Å². The predicted octanol–water partition coefficient (Wildman–Crippen LogP) is 4.78. The molecule has 2 aromatic rings. The van der Waals surface area contributed by atoms with Gasteiger partial charge < -0.3 is 4.74 Å². The lowest BCUT2D eigenvalue weighted by molar-refractivity contribution is -0.135. The van der Waals surface area contributed by atoms with Crippen molar-refractivity contribution in [3.05, 3.63) is 40.8 Å². The number of ether oxygens (including phenoxy) is 1. The van der Waals surface area contributed by atoms with Crippen LogP contribution in [-0.2, 0) is 10.9 Å². The summed E-state index contributed by atoms with van der Waals surface area (Å²) in [6, 6.07) is 8.27. The second-order valence-electron chi connectivity index (χ2n) is 5.60. The van der Waals surface area contributed by atoms with Crippen LogP contribution in [0.25, 0.3) is 11.3 Å². The highest BCUT2D eigenvalue weighted by molar-refractivity contribution is 7.06. The third kappa shape index (κ3) is 3.65. The van der Waals surface area contributed by atoms with Crippen LogP contribution in [0.15, 0.2) is 30.3 Å². The number of aromatic nitrogens is 1. The van der Waals surface area contributed by atoms with E-state index in [1.54, 1.807) is 51.1 Å². The molecule has 0 radical (unpaired) electrons. The zero-order valence-corrected chi connectivity index (χ0v) is 13.0. The second kappa shape index (κ2) is 5.72. The van der Waals surface area contributed by atoms with Gasteiger partial charge in [0.25, 0.3) is 0 Å². The summed E-state index contributed by atoms with van der Waals surface area (Å²) >= 11 is 0.256. The normalized spacial score (nSPS) is 12.3. The Bertz CT molecular complexity index is 672. The highest BCUT2D eigenvalue weighted by atomic mass is 32.1. The lowest BCUT2D eigenvalue weighted by Gasteiger charge is -2.20. The number of carbonyl (C=O) groups is 1. The third-order valence-electron chi connectivity index (χ3n) is 2.60. The van der Waals surface area contributed by atoms with Crippen molar-refractivity contribution >= 4 is 17.5 Å². The summed E-state index contributed by atoms with van der Waals surface area (Å²) in [6.45, 7) is 4.79. The van der Waals surface area contributed by atoms with E-state index in [1.807, 2.05) is 0 Å². The molecular formula is C15H14F3NO2S. The minimum Gasteiger partial charge on any atom is -0.456 e. The molecule has 0 spiro atoms. The van der Waals surface area contributed by atoms with E-state index in [-0.39, 0.29) is 17.2 Å². The van der Waals surface area contributed by atoms with Gasteiger partial charge in [0.2, 0.25) is 0 Å². The highest BCUT2D eigenvalue weighted by Gasteiger charge is 2.41. The number of hydrogen-bond acceptors (Lipinski definition) is 4. The van der Waals surface area contributed by atoms with Gasteiger partial charge in [0.1, 0.15) is 16.0 Å². The van der Waals surface area contributed by atoms with Crippen molar-refractivity contribution in [3.63, 3.8) is 0 Å². The van der Waals surface area contributed by atoms with Gasteiger partial charge in [0, 0.05) is 5.56 Å². The molecule has 22 heavy (non-hydrogen) atoms. The molecule has 0 atom stereocenters. The van der Waals surface area contributed by atoms with Crippen molar-refractivity contribution in [3.8, 4) is 11.3 Å². The van der Waals surface area contributed by atoms with E-state index in [1.165, 1.54) is 0 Å². The number of halogens is 3. The minimum absolute atomic E-state index is 0.00725. The van der Waals surface area contributed by atoms with Gasteiger partial charge in [0.05, 0.1) is 5.69 Å². The molecule has 0 amide bonds. The number of hydrogen-bond donors (Lipinski definition) is 0. The molecule has 0 saturated heterocycles. The summed E-state index contributed by atoms with van der Waals surface area (Å²) in [5.74, 6) is -1.02. The number of nitrogens with zero attached hydrogens (tertiary/aromatic N) is 1. The SMILES string of the molecule is CC(C)(C)OC(=O)c1c(-c2ccccc2)nsc1C(F)(F)F. The van der Waals surface area contributed by atoms with Gasteiger partial charge in [-0.25, -0.2) is 4.79 Å². The topological polar surface area (TPSA) is 39.2 Å². The Kier molecular flexibility index (Phi) is 4.28. The molecule has 0 aliphatic rings. The first-order valence-electron chi connectivity index (χ1n) is 6.45. The molecule has 3 nitrogen and oxygen atoms in total. The number of carbonyl (C=O) groups excluding carboxylic acids is 1. The lowest BCUT2D eigenvalue weighted by Crippen LogP contribution is -2.25. The third-order valence-corrected chi connectivity index (χ3v) is 3.49. The van der Waals surface area contributed by atoms with Gasteiger partial charge in [-0.1, -0.05) is 30.3 Å². The van der Waals surface area contributed by atoms with Gasteiger partial charge in [0.15, 0.2) is 0 Å². The van der Waals surface area contributed by atoms with E-state index in [0.29, 0.717) is 5.56 Å². The summed E-state index contributed by atoms with van der Waals surface area (Å²) in [5, 5.41) is 0. The number of alkyl halides is 3. The van der Waals surface area contributed by atoms with Crippen LogP contribution in [0, 0.1) is 0 Å². The zero-order valence-electron chi connectivity index (χ0n) is 12.2. The molecule has 7 heteroatoms. The van der Waals surface area contributed by atoms with E-state index < -0.39 is 28.2 Å². The average Bonchev–Trinajstić information content (AvgIpc) is 2.82.